The van der Waals surface area contributed by atoms with Gasteiger partial charge in [0.2, 0.25) is 0 Å². The molecule has 0 spiro atoms. The van der Waals surface area contributed by atoms with Crippen LogP contribution in [-0.2, 0) is 0 Å². The predicted octanol–water partition coefficient (Wildman–Crippen LogP) is 3.96. The molecule has 2 aliphatic heterocycles. The molecule has 3 heterocycles. The first-order valence-corrected chi connectivity index (χ1v) is 9.24. The minimum absolute atomic E-state index is 0.0792. The molecule has 0 aliphatic carbocycles. The van der Waals surface area contributed by atoms with Crippen LogP contribution in [0.15, 0.2) is 89.9 Å². The van der Waals surface area contributed by atoms with Crippen LogP contribution in [0.25, 0.3) is 11.1 Å². The van der Waals surface area contributed by atoms with Crippen molar-refractivity contribution in [2.45, 2.75) is 0 Å². The van der Waals surface area contributed by atoms with E-state index in [1.54, 1.807) is 30.6 Å². The summed E-state index contributed by atoms with van der Waals surface area (Å²) in [6.45, 7) is 1.48. The molecule has 0 bridgehead atoms. The van der Waals surface area contributed by atoms with Crippen LogP contribution < -0.4 is 5.32 Å². The molecule has 0 radical (unpaired) electrons. The monoisotopic (exact) mass is 366 g/mol. The number of aliphatic imine (C=N–C) groups is 1. The van der Waals surface area contributed by atoms with Crippen molar-refractivity contribution in [3.63, 3.8) is 0 Å². The lowest BCUT2D eigenvalue weighted by atomic mass is 10.00. The molecular weight excluding hydrogens is 348 g/mol. The molecule has 3 aromatic rings. The minimum Gasteiger partial charge on any atom is -0.341 e. The second kappa shape index (κ2) is 6.78. The molecule has 5 nitrogen and oxygen atoms in total. The van der Waals surface area contributed by atoms with E-state index in [0.29, 0.717) is 5.56 Å². The van der Waals surface area contributed by atoms with E-state index in [-0.39, 0.29) is 5.78 Å². The van der Waals surface area contributed by atoms with Crippen molar-refractivity contribution < 1.29 is 4.79 Å². The van der Waals surface area contributed by atoms with Gasteiger partial charge >= 0.3 is 0 Å². The van der Waals surface area contributed by atoms with Crippen molar-refractivity contribution in [2.75, 3.05) is 18.4 Å². The number of amidine groups is 1. The zero-order valence-corrected chi connectivity index (χ0v) is 15.2. The summed E-state index contributed by atoms with van der Waals surface area (Å²) < 4.78 is 0. The zero-order chi connectivity index (χ0) is 18.9. The Balaban J connectivity index is 1.55. The standard InChI is InChI=1S/C23H18N4O/c28-21(18-7-4-10-24-15-18)14-22-26-20-13-17(16-5-2-1-3-6-16)8-9-19(20)23-25-11-12-27(22)23/h1-10,13-15,26H,11-12H2/b22-14+. The van der Waals surface area contributed by atoms with Crippen molar-refractivity contribution >= 4 is 17.3 Å². The van der Waals surface area contributed by atoms with Gasteiger partial charge in [0.1, 0.15) is 11.7 Å². The Hall–Kier alpha value is -3.73. The molecule has 2 aliphatic rings. The van der Waals surface area contributed by atoms with Crippen molar-refractivity contribution in [2.24, 2.45) is 4.99 Å². The SMILES string of the molecule is O=C(/C=C1\Nc2cc(-c3ccccc3)ccc2C2=NCCN21)c1cccnc1. The van der Waals surface area contributed by atoms with Gasteiger partial charge in [-0.05, 0) is 35.4 Å². The van der Waals surface area contributed by atoms with E-state index in [4.69, 9.17) is 0 Å². The summed E-state index contributed by atoms with van der Waals surface area (Å²) >= 11 is 0. The summed E-state index contributed by atoms with van der Waals surface area (Å²) in [4.78, 5) is 23.5. The number of hydrogen-bond acceptors (Lipinski definition) is 5. The lowest BCUT2D eigenvalue weighted by Gasteiger charge is -2.31. The Labute approximate surface area is 163 Å². The van der Waals surface area contributed by atoms with Crippen LogP contribution in [0.5, 0.6) is 0 Å². The maximum Gasteiger partial charge on any atom is 0.191 e. The highest BCUT2D eigenvalue weighted by Crippen LogP contribution is 2.33. The van der Waals surface area contributed by atoms with E-state index in [1.807, 2.05) is 18.2 Å². The molecule has 0 saturated heterocycles. The number of fused-ring (bicyclic) bond motifs is 3. The van der Waals surface area contributed by atoms with Gasteiger partial charge in [0.15, 0.2) is 5.78 Å². The van der Waals surface area contributed by atoms with E-state index in [9.17, 15) is 4.79 Å². The second-order valence-corrected chi connectivity index (χ2v) is 6.74. The second-order valence-electron chi connectivity index (χ2n) is 6.74. The molecule has 0 amide bonds. The smallest absolute Gasteiger partial charge is 0.191 e. The summed E-state index contributed by atoms with van der Waals surface area (Å²) in [5.74, 6) is 1.59. The van der Waals surface area contributed by atoms with E-state index in [0.717, 1.165) is 47.1 Å². The largest absolute Gasteiger partial charge is 0.341 e. The van der Waals surface area contributed by atoms with E-state index in [2.05, 4.69) is 50.5 Å². The van der Waals surface area contributed by atoms with Crippen LogP contribution in [0.4, 0.5) is 5.69 Å². The fraction of sp³-hybridized carbons (Fsp3) is 0.0870. The number of anilines is 1. The molecule has 1 N–H and O–H groups in total. The van der Waals surface area contributed by atoms with Gasteiger partial charge in [-0.2, -0.15) is 0 Å². The number of hydrogen-bond donors (Lipinski definition) is 1. The summed E-state index contributed by atoms with van der Waals surface area (Å²) in [5, 5.41) is 3.44. The van der Waals surface area contributed by atoms with Crippen molar-refractivity contribution in [3.8, 4) is 11.1 Å². The van der Waals surface area contributed by atoms with Crippen LogP contribution >= 0.6 is 0 Å². The molecule has 0 atom stereocenters. The molecule has 5 heteroatoms. The number of pyridine rings is 1. The van der Waals surface area contributed by atoms with Crippen LogP contribution in [0.3, 0.4) is 0 Å². The topological polar surface area (TPSA) is 57.6 Å². The predicted molar refractivity (Wildman–Crippen MR) is 110 cm³/mol. The fourth-order valence-electron chi connectivity index (χ4n) is 3.60. The highest BCUT2D eigenvalue weighted by atomic mass is 16.1. The first-order valence-electron chi connectivity index (χ1n) is 9.24. The molecule has 0 unspecified atom stereocenters. The molecule has 1 aromatic heterocycles. The average Bonchev–Trinajstić information content (AvgIpc) is 3.25. The molecule has 0 fully saturated rings. The van der Waals surface area contributed by atoms with Crippen LogP contribution in [0, 0.1) is 0 Å². The molecular formula is C23H18N4O. The third-order valence-corrected chi connectivity index (χ3v) is 4.98. The number of rotatable bonds is 3. The Morgan fingerprint density at radius 3 is 2.75 bits per heavy atom. The number of nitrogens with zero attached hydrogens (tertiary/aromatic N) is 3. The quantitative estimate of drug-likeness (QED) is 0.563. The van der Waals surface area contributed by atoms with Gasteiger partial charge in [0, 0.05) is 36.1 Å². The van der Waals surface area contributed by atoms with Gasteiger partial charge in [0.05, 0.1) is 12.2 Å². The number of ketones is 1. The molecule has 0 saturated carbocycles. The third kappa shape index (κ3) is 2.87. The molecule has 28 heavy (non-hydrogen) atoms. The summed E-state index contributed by atoms with van der Waals surface area (Å²) in [6.07, 6.45) is 4.88. The highest BCUT2D eigenvalue weighted by Gasteiger charge is 2.30. The molecule has 2 aromatic carbocycles. The summed E-state index contributed by atoms with van der Waals surface area (Å²) in [5.41, 5.74) is 4.86. The van der Waals surface area contributed by atoms with Gasteiger partial charge in [-0.25, -0.2) is 0 Å². The van der Waals surface area contributed by atoms with Gasteiger partial charge in [-0.3, -0.25) is 14.8 Å². The van der Waals surface area contributed by atoms with Gasteiger partial charge < -0.3 is 10.2 Å². The van der Waals surface area contributed by atoms with E-state index < -0.39 is 0 Å². The Morgan fingerprint density at radius 2 is 1.93 bits per heavy atom. The number of carbonyl (C=O) groups excluding carboxylic acids is 1. The average molecular weight is 366 g/mol. The van der Waals surface area contributed by atoms with Crippen molar-refractivity contribution in [1.82, 2.24) is 9.88 Å². The van der Waals surface area contributed by atoms with Crippen LogP contribution in [0.2, 0.25) is 0 Å². The van der Waals surface area contributed by atoms with Crippen LogP contribution in [-0.4, -0.2) is 34.6 Å². The normalized spacial score (nSPS) is 16.2. The van der Waals surface area contributed by atoms with Crippen molar-refractivity contribution in [3.05, 3.63) is 96.1 Å². The van der Waals surface area contributed by atoms with Gasteiger partial charge in [-0.15, -0.1) is 0 Å². The fourth-order valence-corrected chi connectivity index (χ4v) is 3.60. The minimum atomic E-state index is -0.0792. The third-order valence-electron chi connectivity index (χ3n) is 4.98. The Morgan fingerprint density at radius 1 is 1.04 bits per heavy atom. The van der Waals surface area contributed by atoms with Gasteiger partial charge in [-0.1, -0.05) is 36.4 Å². The van der Waals surface area contributed by atoms with Crippen molar-refractivity contribution in [1.29, 1.82) is 0 Å². The number of carbonyl (C=O) groups is 1. The Kier molecular flexibility index (Phi) is 3.98. The lowest BCUT2D eigenvalue weighted by Crippen LogP contribution is -2.36. The molecule has 5 rings (SSSR count). The number of benzene rings is 2. The van der Waals surface area contributed by atoms with Crippen LogP contribution in [0.1, 0.15) is 15.9 Å². The molecule has 136 valence electrons. The number of aromatic nitrogens is 1. The first kappa shape index (κ1) is 16.4. The van der Waals surface area contributed by atoms with E-state index >= 15 is 0 Å². The summed E-state index contributed by atoms with van der Waals surface area (Å²) in [6, 6.07) is 20.1. The first-order chi connectivity index (χ1) is 13.8. The van der Waals surface area contributed by atoms with E-state index in [1.165, 1.54) is 0 Å². The van der Waals surface area contributed by atoms with Gasteiger partial charge in [0.25, 0.3) is 0 Å². The maximum atomic E-state index is 12.7. The lowest BCUT2D eigenvalue weighted by molar-refractivity contribution is 0.104. The summed E-state index contributed by atoms with van der Waals surface area (Å²) in [7, 11) is 0. The number of nitrogens with one attached hydrogen (secondary N) is 1. The number of allylic oxidation sites excluding steroid dienone is 1. The zero-order valence-electron chi connectivity index (χ0n) is 15.2. The highest BCUT2D eigenvalue weighted by molar-refractivity contribution is 6.10. The Bertz CT molecular complexity index is 1100. The maximum absolute atomic E-state index is 12.7.